The number of carbonyl (C=O) groups is 1. The smallest absolute Gasteiger partial charge is 0.240 e. The van der Waals surface area contributed by atoms with Gasteiger partial charge in [0, 0.05) is 17.6 Å². The number of rotatable bonds is 3. The minimum atomic E-state index is -0.147. The summed E-state index contributed by atoms with van der Waals surface area (Å²) < 4.78 is 0.565. The predicted molar refractivity (Wildman–Crippen MR) is 84.6 cm³/mol. The van der Waals surface area contributed by atoms with Gasteiger partial charge in [-0.2, -0.15) is 0 Å². The molecule has 2 aromatic carbocycles. The maximum Gasteiger partial charge on any atom is 0.240 e. The Kier molecular flexibility index (Phi) is 3.40. The lowest BCUT2D eigenvalue weighted by Gasteiger charge is -2.11. The van der Waals surface area contributed by atoms with Gasteiger partial charge in [0.05, 0.1) is 0 Å². The first-order valence-electron chi connectivity index (χ1n) is 5.97. The Morgan fingerprint density at radius 1 is 1.21 bits per heavy atom. The average molecular weight is 288 g/mol. The third-order valence-electron chi connectivity index (χ3n) is 3.03. The van der Waals surface area contributed by atoms with Gasteiger partial charge in [-0.15, -0.1) is 0 Å². The van der Waals surface area contributed by atoms with Gasteiger partial charge < -0.3 is 10.6 Å². The van der Waals surface area contributed by atoms with Gasteiger partial charge in [-0.25, -0.2) is 0 Å². The van der Waals surface area contributed by atoms with E-state index < -0.39 is 0 Å². The van der Waals surface area contributed by atoms with Crippen LogP contribution in [0.5, 0.6) is 0 Å². The molecule has 1 heterocycles. The van der Waals surface area contributed by atoms with Crippen LogP contribution >= 0.6 is 24.0 Å². The Morgan fingerprint density at radius 3 is 2.79 bits per heavy atom. The summed E-state index contributed by atoms with van der Waals surface area (Å²) in [4.78, 5) is 11.6. The summed E-state index contributed by atoms with van der Waals surface area (Å²) >= 11 is 6.39. The number of fused-ring (bicyclic) bond motifs is 1. The SMILES string of the molecule is O=C1NC(=S)SC1CNc1cccc2ccccc12. The average Bonchev–Trinajstić information content (AvgIpc) is 2.74. The highest BCUT2D eigenvalue weighted by atomic mass is 32.2. The van der Waals surface area contributed by atoms with Crippen LogP contribution in [0.1, 0.15) is 0 Å². The molecule has 1 saturated heterocycles. The number of anilines is 1. The van der Waals surface area contributed by atoms with Crippen LogP contribution in [0.4, 0.5) is 5.69 Å². The molecule has 0 spiro atoms. The lowest BCUT2D eigenvalue weighted by molar-refractivity contribution is -0.118. The summed E-state index contributed by atoms with van der Waals surface area (Å²) in [6, 6.07) is 14.3. The van der Waals surface area contributed by atoms with Crippen molar-refractivity contribution in [2.24, 2.45) is 0 Å². The summed E-state index contributed by atoms with van der Waals surface area (Å²) in [5, 5.41) is 8.20. The van der Waals surface area contributed by atoms with Crippen molar-refractivity contribution in [3.63, 3.8) is 0 Å². The molecule has 96 valence electrons. The van der Waals surface area contributed by atoms with Gasteiger partial charge in [0.15, 0.2) is 0 Å². The predicted octanol–water partition coefficient (Wildman–Crippen LogP) is 2.77. The topological polar surface area (TPSA) is 41.1 Å². The fraction of sp³-hybridized carbons (Fsp3) is 0.143. The zero-order valence-electron chi connectivity index (χ0n) is 10.1. The molecule has 1 amide bonds. The molecule has 1 unspecified atom stereocenters. The zero-order chi connectivity index (χ0) is 13.2. The molecular formula is C14H12N2OS2. The van der Waals surface area contributed by atoms with Crippen LogP contribution in [-0.4, -0.2) is 22.0 Å². The number of carbonyl (C=O) groups excluding carboxylic acids is 1. The van der Waals surface area contributed by atoms with Crippen molar-refractivity contribution >= 4 is 50.7 Å². The maximum atomic E-state index is 11.6. The van der Waals surface area contributed by atoms with Crippen molar-refractivity contribution in [1.29, 1.82) is 0 Å². The van der Waals surface area contributed by atoms with E-state index in [1.165, 1.54) is 17.1 Å². The number of hydrogen-bond donors (Lipinski definition) is 2. The van der Waals surface area contributed by atoms with E-state index >= 15 is 0 Å². The molecule has 3 nitrogen and oxygen atoms in total. The molecule has 19 heavy (non-hydrogen) atoms. The lowest BCUT2D eigenvalue weighted by atomic mass is 10.1. The van der Waals surface area contributed by atoms with E-state index in [0.717, 1.165) is 11.1 Å². The van der Waals surface area contributed by atoms with Crippen molar-refractivity contribution in [3.05, 3.63) is 42.5 Å². The number of nitrogens with one attached hydrogen (secondary N) is 2. The maximum absolute atomic E-state index is 11.6. The second kappa shape index (κ2) is 5.19. The number of benzene rings is 2. The fourth-order valence-corrected chi connectivity index (χ4v) is 3.31. The van der Waals surface area contributed by atoms with E-state index in [0.29, 0.717) is 10.9 Å². The van der Waals surface area contributed by atoms with E-state index in [1.54, 1.807) is 0 Å². The fourth-order valence-electron chi connectivity index (χ4n) is 2.11. The van der Waals surface area contributed by atoms with Crippen molar-refractivity contribution in [3.8, 4) is 0 Å². The number of amides is 1. The highest BCUT2D eigenvalue weighted by molar-refractivity contribution is 8.24. The lowest BCUT2D eigenvalue weighted by Crippen LogP contribution is -2.28. The van der Waals surface area contributed by atoms with Crippen molar-refractivity contribution in [2.45, 2.75) is 5.25 Å². The molecule has 0 aromatic heterocycles. The molecule has 1 aliphatic heterocycles. The number of thiocarbonyl (C=S) groups is 1. The van der Waals surface area contributed by atoms with Gasteiger partial charge in [0.25, 0.3) is 0 Å². The normalized spacial score (nSPS) is 18.6. The second-order valence-corrected chi connectivity index (χ2v) is 6.17. The van der Waals surface area contributed by atoms with Crippen LogP contribution in [0.25, 0.3) is 10.8 Å². The van der Waals surface area contributed by atoms with Crippen molar-refractivity contribution in [2.75, 3.05) is 11.9 Å². The minimum absolute atomic E-state index is 0.0114. The molecule has 5 heteroatoms. The largest absolute Gasteiger partial charge is 0.383 e. The van der Waals surface area contributed by atoms with Gasteiger partial charge in [-0.1, -0.05) is 60.4 Å². The molecule has 2 N–H and O–H groups in total. The van der Waals surface area contributed by atoms with E-state index in [-0.39, 0.29) is 11.2 Å². The molecule has 0 saturated carbocycles. The first kappa shape index (κ1) is 12.4. The van der Waals surface area contributed by atoms with Crippen LogP contribution in [-0.2, 0) is 4.79 Å². The van der Waals surface area contributed by atoms with Crippen LogP contribution in [0.3, 0.4) is 0 Å². The molecule has 0 bridgehead atoms. The highest BCUT2D eigenvalue weighted by Gasteiger charge is 2.28. The molecule has 3 rings (SSSR count). The summed E-state index contributed by atoms with van der Waals surface area (Å²) in [6.45, 7) is 0.574. The Bertz CT molecular complexity index is 651. The standard InChI is InChI=1S/C14H12N2OS2/c17-13-12(19-14(18)16-13)8-15-11-7-3-5-9-4-1-2-6-10(9)11/h1-7,12,15H,8H2,(H,16,17,18). The highest BCUT2D eigenvalue weighted by Crippen LogP contribution is 2.25. The zero-order valence-corrected chi connectivity index (χ0v) is 11.7. The van der Waals surface area contributed by atoms with Gasteiger partial charge >= 0.3 is 0 Å². The van der Waals surface area contributed by atoms with Crippen LogP contribution in [0, 0.1) is 0 Å². The summed E-state index contributed by atoms with van der Waals surface area (Å²) in [5.41, 5.74) is 1.05. The van der Waals surface area contributed by atoms with E-state index in [4.69, 9.17) is 12.2 Å². The quantitative estimate of drug-likeness (QED) is 0.852. The molecule has 1 aliphatic rings. The van der Waals surface area contributed by atoms with Crippen LogP contribution in [0.15, 0.2) is 42.5 Å². The third-order valence-corrected chi connectivity index (χ3v) is 4.41. The molecular weight excluding hydrogens is 276 g/mol. The summed E-state index contributed by atoms with van der Waals surface area (Å²) in [7, 11) is 0. The second-order valence-electron chi connectivity index (χ2n) is 4.29. The number of thioether (sulfide) groups is 1. The van der Waals surface area contributed by atoms with E-state index in [2.05, 4.69) is 28.8 Å². The Labute approximate surface area is 120 Å². The van der Waals surface area contributed by atoms with Gasteiger partial charge in [0.1, 0.15) is 9.57 Å². The van der Waals surface area contributed by atoms with Gasteiger partial charge in [-0.05, 0) is 11.5 Å². The van der Waals surface area contributed by atoms with Gasteiger partial charge in [-0.3, -0.25) is 4.79 Å². The van der Waals surface area contributed by atoms with E-state index in [9.17, 15) is 4.79 Å². The number of hydrogen-bond acceptors (Lipinski definition) is 4. The Hall–Kier alpha value is -1.59. The summed E-state index contributed by atoms with van der Waals surface area (Å²) in [6.07, 6.45) is 0. The van der Waals surface area contributed by atoms with Gasteiger partial charge in [0.2, 0.25) is 5.91 Å². The van der Waals surface area contributed by atoms with Crippen molar-refractivity contribution in [1.82, 2.24) is 5.32 Å². The molecule has 2 aromatic rings. The first-order chi connectivity index (χ1) is 9.24. The Balaban J connectivity index is 1.79. The molecule has 1 fully saturated rings. The van der Waals surface area contributed by atoms with Crippen LogP contribution in [0.2, 0.25) is 0 Å². The molecule has 1 atom stereocenters. The monoisotopic (exact) mass is 288 g/mol. The first-order valence-corrected chi connectivity index (χ1v) is 7.26. The molecule has 0 radical (unpaired) electrons. The third kappa shape index (κ3) is 2.57. The van der Waals surface area contributed by atoms with Crippen molar-refractivity contribution < 1.29 is 4.79 Å². The Morgan fingerprint density at radius 2 is 2.00 bits per heavy atom. The van der Waals surface area contributed by atoms with Crippen LogP contribution < -0.4 is 10.6 Å². The minimum Gasteiger partial charge on any atom is -0.383 e. The summed E-state index contributed by atoms with van der Waals surface area (Å²) in [5.74, 6) is -0.0114. The molecule has 0 aliphatic carbocycles. The van der Waals surface area contributed by atoms with E-state index in [1.807, 2.05) is 24.3 Å².